The Hall–Kier alpha value is -1.79. The predicted octanol–water partition coefficient (Wildman–Crippen LogP) is 0.276. The molecule has 1 fully saturated rings. The SMILES string of the molecule is COc1cccc(OCC(=O)N2CC[C@H](O)[C@H](CO)C2)c1. The molecule has 6 heteroatoms. The van der Waals surface area contributed by atoms with Gasteiger partial charge in [0.05, 0.1) is 19.8 Å². The van der Waals surface area contributed by atoms with Crippen LogP contribution in [0, 0.1) is 5.92 Å². The van der Waals surface area contributed by atoms with E-state index in [1.165, 1.54) is 0 Å². The minimum atomic E-state index is -0.543. The third-order valence-corrected chi connectivity index (χ3v) is 3.68. The summed E-state index contributed by atoms with van der Waals surface area (Å²) in [6.07, 6.45) is -0.0609. The lowest BCUT2D eigenvalue weighted by Crippen LogP contribution is -2.48. The molecule has 1 heterocycles. The van der Waals surface area contributed by atoms with Crippen LogP contribution in [0.3, 0.4) is 0 Å². The van der Waals surface area contributed by atoms with Gasteiger partial charge in [-0.2, -0.15) is 0 Å². The summed E-state index contributed by atoms with van der Waals surface area (Å²) in [4.78, 5) is 13.7. The smallest absolute Gasteiger partial charge is 0.260 e. The van der Waals surface area contributed by atoms with E-state index in [9.17, 15) is 15.0 Å². The maximum Gasteiger partial charge on any atom is 0.260 e. The highest BCUT2D eigenvalue weighted by molar-refractivity contribution is 5.77. The van der Waals surface area contributed by atoms with E-state index in [2.05, 4.69) is 0 Å². The van der Waals surface area contributed by atoms with Gasteiger partial charge in [0.15, 0.2) is 6.61 Å². The summed E-state index contributed by atoms with van der Waals surface area (Å²) in [7, 11) is 1.57. The lowest BCUT2D eigenvalue weighted by molar-refractivity contribution is -0.137. The number of likely N-dealkylation sites (tertiary alicyclic amines) is 1. The summed E-state index contributed by atoms with van der Waals surface area (Å²) in [5, 5.41) is 18.9. The second-order valence-electron chi connectivity index (χ2n) is 5.11. The first-order chi connectivity index (χ1) is 10.1. The molecule has 2 rings (SSSR count). The molecule has 21 heavy (non-hydrogen) atoms. The van der Waals surface area contributed by atoms with Crippen molar-refractivity contribution in [2.45, 2.75) is 12.5 Å². The van der Waals surface area contributed by atoms with Crippen molar-refractivity contribution < 1.29 is 24.5 Å². The fourth-order valence-corrected chi connectivity index (χ4v) is 2.35. The Bertz CT molecular complexity index is 479. The second kappa shape index (κ2) is 7.28. The molecule has 2 atom stereocenters. The first-order valence-electron chi connectivity index (χ1n) is 6.97. The average molecular weight is 295 g/mol. The van der Waals surface area contributed by atoms with Crippen molar-refractivity contribution >= 4 is 5.91 Å². The molecule has 0 saturated carbocycles. The monoisotopic (exact) mass is 295 g/mol. The number of ether oxygens (including phenoxy) is 2. The fourth-order valence-electron chi connectivity index (χ4n) is 2.35. The molecule has 0 bridgehead atoms. The molecule has 1 saturated heterocycles. The largest absolute Gasteiger partial charge is 0.497 e. The standard InChI is InChI=1S/C15H21NO5/c1-20-12-3-2-4-13(7-12)21-10-15(19)16-6-5-14(18)11(8-16)9-17/h2-4,7,11,14,17-18H,5-6,8-10H2,1H3/t11-,14-/m0/s1. The molecule has 0 aromatic heterocycles. The number of carbonyl (C=O) groups excluding carboxylic acids is 1. The van der Waals surface area contributed by atoms with Crippen molar-refractivity contribution in [3.05, 3.63) is 24.3 Å². The summed E-state index contributed by atoms with van der Waals surface area (Å²) in [6.45, 7) is 0.652. The summed E-state index contributed by atoms with van der Waals surface area (Å²) < 4.78 is 10.6. The topological polar surface area (TPSA) is 79.2 Å². The molecule has 1 aromatic rings. The zero-order chi connectivity index (χ0) is 15.2. The number of nitrogens with zero attached hydrogens (tertiary/aromatic N) is 1. The van der Waals surface area contributed by atoms with E-state index in [1.54, 1.807) is 36.3 Å². The quantitative estimate of drug-likeness (QED) is 0.815. The maximum atomic E-state index is 12.1. The average Bonchev–Trinajstić information content (AvgIpc) is 2.53. The molecule has 1 aromatic carbocycles. The van der Waals surface area contributed by atoms with Gasteiger partial charge in [0.1, 0.15) is 11.5 Å². The number of amides is 1. The van der Waals surface area contributed by atoms with Crippen LogP contribution >= 0.6 is 0 Å². The molecule has 0 aliphatic carbocycles. The van der Waals surface area contributed by atoms with E-state index in [0.717, 1.165) is 0 Å². The van der Waals surface area contributed by atoms with Crippen molar-refractivity contribution in [2.75, 3.05) is 33.4 Å². The van der Waals surface area contributed by atoms with Gasteiger partial charge in [-0.25, -0.2) is 0 Å². The number of piperidine rings is 1. The lowest BCUT2D eigenvalue weighted by atomic mass is 9.95. The number of methoxy groups -OCH3 is 1. The van der Waals surface area contributed by atoms with Crippen LogP contribution in [-0.2, 0) is 4.79 Å². The normalized spacial score (nSPS) is 22.0. The van der Waals surface area contributed by atoms with E-state index in [4.69, 9.17) is 9.47 Å². The Labute approximate surface area is 123 Å². The van der Waals surface area contributed by atoms with Gasteiger partial charge < -0.3 is 24.6 Å². The van der Waals surface area contributed by atoms with Crippen LogP contribution in [0.1, 0.15) is 6.42 Å². The number of rotatable bonds is 5. The van der Waals surface area contributed by atoms with Crippen LogP contribution < -0.4 is 9.47 Å². The summed E-state index contributed by atoms with van der Waals surface area (Å²) in [5.41, 5.74) is 0. The van der Waals surface area contributed by atoms with Crippen molar-refractivity contribution in [3.63, 3.8) is 0 Å². The number of aliphatic hydroxyl groups excluding tert-OH is 2. The molecule has 6 nitrogen and oxygen atoms in total. The lowest BCUT2D eigenvalue weighted by Gasteiger charge is -2.35. The summed E-state index contributed by atoms with van der Waals surface area (Å²) >= 11 is 0. The number of hydrogen-bond acceptors (Lipinski definition) is 5. The summed E-state index contributed by atoms with van der Waals surface area (Å²) in [6, 6.07) is 7.06. The molecule has 116 valence electrons. The van der Waals surface area contributed by atoms with Crippen LogP contribution in [0.2, 0.25) is 0 Å². The molecular weight excluding hydrogens is 274 g/mol. The molecule has 1 amide bonds. The van der Waals surface area contributed by atoms with Crippen molar-refractivity contribution in [3.8, 4) is 11.5 Å². The number of carbonyl (C=O) groups is 1. The first kappa shape index (κ1) is 15.6. The van der Waals surface area contributed by atoms with Gasteiger partial charge in [-0.05, 0) is 18.6 Å². The minimum absolute atomic E-state index is 0.0680. The van der Waals surface area contributed by atoms with E-state index < -0.39 is 6.10 Å². The van der Waals surface area contributed by atoms with Gasteiger partial charge in [0.25, 0.3) is 5.91 Å². The van der Waals surface area contributed by atoms with Gasteiger partial charge in [0.2, 0.25) is 0 Å². The zero-order valence-corrected chi connectivity index (χ0v) is 12.1. The van der Waals surface area contributed by atoms with Gasteiger partial charge in [-0.1, -0.05) is 6.07 Å². The zero-order valence-electron chi connectivity index (χ0n) is 12.1. The first-order valence-corrected chi connectivity index (χ1v) is 6.97. The Morgan fingerprint density at radius 1 is 1.43 bits per heavy atom. The molecule has 0 spiro atoms. The third-order valence-electron chi connectivity index (χ3n) is 3.68. The van der Waals surface area contributed by atoms with E-state index in [1.807, 2.05) is 0 Å². The molecule has 2 N–H and O–H groups in total. The molecule has 1 aliphatic heterocycles. The van der Waals surface area contributed by atoms with Crippen molar-refractivity contribution in [1.29, 1.82) is 0 Å². The van der Waals surface area contributed by atoms with Crippen LogP contribution in [0.5, 0.6) is 11.5 Å². The second-order valence-corrected chi connectivity index (χ2v) is 5.11. The van der Waals surface area contributed by atoms with E-state index in [-0.39, 0.29) is 25.0 Å². The van der Waals surface area contributed by atoms with Gasteiger partial charge in [-0.15, -0.1) is 0 Å². The Balaban J connectivity index is 1.86. The van der Waals surface area contributed by atoms with E-state index >= 15 is 0 Å². The highest BCUT2D eigenvalue weighted by atomic mass is 16.5. The van der Waals surface area contributed by atoms with E-state index in [0.29, 0.717) is 31.0 Å². The van der Waals surface area contributed by atoms with Crippen molar-refractivity contribution in [2.24, 2.45) is 5.92 Å². The van der Waals surface area contributed by atoms with Gasteiger partial charge in [-0.3, -0.25) is 4.79 Å². The van der Waals surface area contributed by atoms with Crippen LogP contribution in [-0.4, -0.2) is 60.5 Å². The van der Waals surface area contributed by atoms with Crippen LogP contribution in [0.15, 0.2) is 24.3 Å². The molecule has 0 radical (unpaired) electrons. The number of aliphatic hydroxyl groups is 2. The van der Waals surface area contributed by atoms with Gasteiger partial charge in [0, 0.05) is 25.1 Å². The Morgan fingerprint density at radius 3 is 2.90 bits per heavy atom. The molecule has 0 unspecified atom stereocenters. The fraction of sp³-hybridized carbons (Fsp3) is 0.533. The predicted molar refractivity (Wildman–Crippen MR) is 76.3 cm³/mol. The Morgan fingerprint density at radius 2 is 2.19 bits per heavy atom. The highest BCUT2D eigenvalue weighted by Crippen LogP contribution is 2.20. The summed E-state index contributed by atoms with van der Waals surface area (Å²) in [5.74, 6) is 0.808. The van der Waals surface area contributed by atoms with Crippen molar-refractivity contribution in [1.82, 2.24) is 4.90 Å². The number of benzene rings is 1. The Kier molecular flexibility index (Phi) is 5.41. The van der Waals surface area contributed by atoms with Crippen LogP contribution in [0.25, 0.3) is 0 Å². The minimum Gasteiger partial charge on any atom is -0.497 e. The van der Waals surface area contributed by atoms with Crippen LogP contribution in [0.4, 0.5) is 0 Å². The number of hydrogen-bond donors (Lipinski definition) is 2. The highest BCUT2D eigenvalue weighted by Gasteiger charge is 2.29. The van der Waals surface area contributed by atoms with Gasteiger partial charge >= 0.3 is 0 Å². The maximum absolute atomic E-state index is 12.1. The molecular formula is C15H21NO5. The molecule has 1 aliphatic rings. The third kappa shape index (κ3) is 4.09.